The van der Waals surface area contributed by atoms with Crippen LogP contribution in [0.2, 0.25) is 0 Å². The van der Waals surface area contributed by atoms with Crippen LogP contribution in [-0.2, 0) is 0 Å². The number of hydrogen-bond acceptors (Lipinski definition) is 5. The van der Waals surface area contributed by atoms with Crippen LogP contribution >= 0.6 is 0 Å². The predicted octanol–water partition coefficient (Wildman–Crippen LogP) is 12.0. The molecule has 5 heteroatoms. The summed E-state index contributed by atoms with van der Waals surface area (Å²) in [5.74, 6) is 1.76. The largest absolute Gasteiger partial charge is 0.456 e. The quantitative estimate of drug-likeness (QED) is 0.187. The van der Waals surface area contributed by atoms with Crippen molar-refractivity contribution >= 4 is 43.9 Å². The molecular weight excluding hydrogens is 615 g/mol. The number of aromatic nitrogens is 3. The van der Waals surface area contributed by atoms with Crippen molar-refractivity contribution in [3.8, 4) is 56.4 Å². The molecule has 0 amide bonds. The second-order valence-corrected chi connectivity index (χ2v) is 12.4. The van der Waals surface area contributed by atoms with Gasteiger partial charge in [0, 0.05) is 38.2 Å². The molecule has 0 spiro atoms. The molecule has 50 heavy (non-hydrogen) atoms. The molecule has 0 bridgehead atoms. The van der Waals surface area contributed by atoms with E-state index in [0.717, 1.165) is 71.7 Å². The van der Waals surface area contributed by atoms with Gasteiger partial charge >= 0.3 is 0 Å². The van der Waals surface area contributed by atoms with Crippen LogP contribution in [0, 0.1) is 0 Å². The fourth-order valence-electron chi connectivity index (χ4n) is 6.97. The minimum absolute atomic E-state index is 0.577. The molecule has 10 aromatic rings. The normalized spacial score (nSPS) is 11.6. The van der Waals surface area contributed by atoms with Crippen molar-refractivity contribution in [2.24, 2.45) is 0 Å². The molecule has 3 heterocycles. The van der Waals surface area contributed by atoms with E-state index in [1.54, 1.807) is 0 Å². The summed E-state index contributed by atoms with van der Waals surface area (Å²) < 4.78 is 12.6. The molecule has 10 rings (SSSR count). The van der Waals surface area contributed by atoms with E-state index in [1.807, 2.05) is 84.9 Å². The molecule has 234 valence electrons. The molecule has 0 N–H and O–H groups in total. The standard InChI is InChI=1S/C45H27N3O2/c1-3-11-28(12-4-1)29-21-23-30(24-22-29)33-16-9-19-39-41(33)42-35(17-10-20-40(42)50-39)45-47-43(31-13-5-2-6-14-31)46-44(48-45)32-25-26-38-36(27-32)34-15-7-8-18-37(34)49-38/h1-27H. The van der Waals surface area contributed by atoms with Crippen LogP contribution in [0.3, 0.4) is 0 Å². The van der Waals surface area contributed by atoms with Crippen molar-refractivity contribution in [2.45, 2.75) is 0 Å². The van der Waals surface area contributed by atoms with E-state index in [1.165, 1.54) is 11.1 Å². The number of rotatable bonds is 5. The highest BCUT2D eigenvalue weighted by molar-refractivity contribution is 6.17. The van der Waals surface area contributed by atoms with Crippen LogP contribution in [0.15, 0.2) is 173 Å². The van der Waals surface area contributed by atoms with Gasteiger partial charge in [0.05, 0.1) is 0 Å². The minimum Gasteiger partial charge on any atom is -0.456 e. The third kappa shape index (κ3) is 4.67. The lowest BCUT2D eigenvalue weighted by molar-refractivity contribution is 0.668. The van der Waals surface area contributed by atoms with E-state index in [0.29, 0.717) is 17.5 Å². The third-order valence-corrected chi connectivity index (χ3v) is 9.37. The maximum atomic E-state index is 6.50. The van der Waals surface area contributed by atoms with Gasteiger partial charge in [-0.25, -0.2) is 15.0 Å². The van der Waals surface area contributed by atoms with Gasteiger partial charge in [0.2, 0.25) is 0 Å². The molecule has 0 fully saturated rings. The van der Waals surface area contributed by atoms with Gasteiger partial charge in [0.15, 0.2) is 17.5 Å². The Bertz CT molecular complexity index is 2850. The highest BCUT2D eigenvalue weighted by Gasteiger charge is 2.20. The van der Waals surface area contributed by atoms with Crippen LogP contribution in [0.1, 0.15) is 0 Å². The summed E-state index contributed by atoms with van der Waals surface area (Å²) in [6.07, 6.45) is 0. The van der Waals surface area contributed by atoms with E-state index in [2.05, 4.69) is 78.9 Å². The second kappa shape index (κ2) is 11.4. The average molecular weight is 642 g/mol. The zero-order valence-corrected chi connectivity index (χ0v) is 26.7. The maximum Gasteiger partial charge on any atom is 0.164 e. The Balaban J connectivity index is 1.18. The van der Waals surface area contributed by atoms with E-state index >= 15 is 0 Å². The lowest BCUT2D eigenvalue weighted by Crippen LogP contribution is -2.00. The number of furan rings is 2. The van der Waals surface area contributed by atoms with Gasteiger partial charge < -0.3 is 8.83 Å². The SMILES string of the molecule is c1ccc(-c2ccc(-c3cccc4oc5cccc(-c6nc(-c7ccccc7)nc(-c7ccc8oc9ccccc9c8c7)n6)c5c34)cc2)cc1. The Morgan fingerprint density at radius 3 is 1.56 bits per heavy atom. The smallest absolute Gasteiger partial charge is 0.164 e. The molecule has 7 aromatic carbocycles. The zero-order valence-electron chi connectivity index (χ0n) is 26.7. The molecule has 0 atom stereocenters. The van der Waals surface area contributed by atoms with Crippen molar-refractivity contribution in [2.75, 3.05) is 0 Å². The van der Waals surface area contributed by atoms with Gasteiger partial charge in [0.25, 0.3) is 0 Å². The van der Waals surface area contributed by atoms with Crippen molar-refractivity contribution in [1.29, 1.82) is 0 Å². The Kier molecular flexibility index (Phi) is 6.42. The fourth-order valence-corrected chi connectivity index (χ4v) is 6.97. The average Bonchev–Trinajstić information content (AvgIpc) is 3.77. The summed E-state index contributed by atoms with van der Waals surface area (Å²) in [4.78, 5) is 15.3. The van der Waals surface area contributed by atoms with Crippen LogP contribution in [-0.4, -0.2) is 15.0 Å². The summed E-state index contributed by atoms with van der Waals surface area (Å²) in [6.45, 7) is 0. The third-order valence-electron chi connectivity index (χ3n) is 9.37. The Hall–Kier alpha value is -6.85. The van der Waals surface area contributed by atoms with Gasteiger partial charge in [-0.2, -0.15) is 0 Å². The summed E-state index contributed by atoms with van der Waals surface area (Å²) in [7, 11) is 0. The molecule has 5 nitrogen and oxygen atoms in total. The summed E-state index contributed by atoms with van der Waals surface area (Å²) in [5.41, 5.74) is 10.5. The van der Waals surface area contributed by atoms with Crippen LogP contribution < -0.4 is 0 Å². The number of para-hydroxylation sites is 1. The Morgan fingerprint density at radius 2 is 0.800 bits per heavy atom. The van der Waals surface area contributed by atoms with Crippen molar-refractivity contribution in [3.63, 3.8) is 0 Å². The lowest BCUT2D eigenvalue weighted by atomic mass is 9.95. The van der Waals surface area contributed by atoms with Crippen LogP contribution in [0.25, 0.3) is 100 Å². The van der Waals surface area contributed by atoms with E-state index < -0.39 is 0 Å². The van der Waals surface area contributed by atoms with Gasteiger partial charge in [-0.1, -0.05) is 127 Å². The molecule has 0 radical (unpaired) electrons. The highest BCUT2D eigenvalue weighted by Crippen LogP contribution is 2.42. The molecule has 0 aliphatic heterocycles. The number of benzene rings is 7. The van der Waals surface area contributed by atoms with Crippen molar-refractivity contribution in [1.82, 2.24) is 15.0 Å². The van der Waals surface area contributed by atoms with Gasteiger partial charge in [-0.05, 0) is 58.7 Å². The predicted molar refractivity (Wildman–Crippen MR) is 202 cm³/mol. The molecule has 0 aliphatic rings. The molecule has 0 unspecified atom stereocenters. The second-order valence-electron chi connectivity index (χ2n) is 12.4. The monoisotopic (exact) mass is 641 g/mol. The van der Waals surface area contributed by atoms with Crippen molar-refractivity contribution < 1.29 is 8.83 Å². The first kappa shape index (κ1) is 28.2. The molecule has 3 aromatic heterocycles. The topological polar surface area (TPSA) is 65.0 Å². The Labute approximate surface area is 287 Å². The summed E-state index contributed by atoms with van der Waals surface area (Å²) in [5, 5.41) is 4.07. The molecule has 0 saturated carbocycles. The van der Waals surface area contributed by atoms with Crippen LogP contribution in [0.4, 0.5) is 0 Å². The van der Waals surface area contributed by atoms with E-state index in [4.69, 9.17) is 23.8 Å². The van der Waals surface area contributed by atoms with Gasteiger partial charge in [-0.15, -0.1) is 0 Å². The summed E-state index contributed by atoms with van der Waals surface area (Å²) in [6, 6.07) is 55.8. The molecular formula is C45H27N3O2. The lowest BCUT2D eigenvalue weighted by Gasteiger charge is -2.10. The maximum absolute atomic E-state index is 6.50. The van der Waals surface area contributed by atoms with Crippen molar-refractivity contribution in [3.05, 3.63) is 164 Å². The fraction of sp³-hybridized carbons (Fsp3) is 0. The van der Waals surface area contributed by atoms with E-state index in [9.17, 15) is 0 Å². The number of fused-ring (bicyclic) bond motifs is 6. The highest BCUT2D eigenvalue weighted by atomic mass is 16.3. The molecule has 0 aliphatic carbocycles. The number of nitrogens with zero attached hydrogens (tertiary/aromatic N) is 3. The minimum atomic E-state index is 0.577. The van der Waals surface area contributed by atoms with Gasteiger partial charge in [-0.3, -0.25) is 0 Å². The first-order valence-electron chi connectivity index (χ1n) is 16.6. The number of hydrogen-bond donors (Lipinski definition) is 0. The van der Waals surface area contributed by atoms with Gasteiger partial charge in [0.1, 0.15) is 22.3 Å². The zero-order chi connectivity index (χ0) is 33.0. The molecule has 0 saturated heterocycles. The first-order valence-corrected chi connectivity index (χ1v) is 16.6. The Morgan fingerprint density at radius 1 is 0.300 bits per heavy atom. The van der Waals surface area contributed by atoms with E-state index in [-0.39, 0.29) is 0 Å². The van der Waals surface area contributed by atoms with Crippen LogP contribution in [0.5, 0.6) is 0 Å². The summed E-state index contributed by atoms with van der Waals surface area (Å²) >= 11 is 0. The first-order chi connectivity index (χ1) is 24.8.